The quantitative estimate of drug-likeness (QED) is 0.622. The number of hydrogen-bond acceptors (Lipinski definition) is 1. The highest BCUT2D eigenvalue weighted by Gasteiger charge is 2.05. The summed E-state index contributed by atoms with van der Waals surface area (Å²) in [5.74, 6) is 0. The highest BCUT2D eigenvalue weighted by atomic mass is 35.5. The van der Waals surface area contributed by atoms with E-state index in [1.54, 1.807) is 6.07 Å². The van der Waals surface area contributed by atoms with E-state index in [2.05, 4.69) is 11.1 Å². The van der Waals surface area contributed by atoms with E-state index in [9.17, 15) is 0 Å². The van der Waals surface area contributed by atoms with Gasteiger partial charge in [-0.05, 0) is 36.4 Å². The molecule has 3 rings (SSSR count). The van der Waals surface area contributed by atoms with E-state index < -0.39 is 0 Å². The van der Waals surface area contributed by atoms with Crippen LogP contribution in [0.5, 0.6) is 0 Å². The number of rotatable bonds is 0. The van der Waals surface area contributed by atoms with Crippen molar-refractivity contribution in [3.05, 3.63) is 47.0 Å². The monoisotopic (exact) mass is 226 g/mol. The van der Waals surface area contributed by atoms with Gasteiger partial charge in [0.05, 0.1) is 11.6 Å². The van der Waals surface area contributed by atoms with Gasteiger partial charge in [-0.2, -0.15) is 5.26 Å². The first kappa shape index (κ1) is 9.26. The van der Waals surface area contributed by atoms with Crippen LogP contribution >= 0.6 is 11.6 Å². The van der Waals surface area contributed by atoms with E-state index in [1.807, 2.05) is 30.3 Å². The lowest BCUT2D eigenvalue weighted by molar-refractivity contribution is 1.49. The molecule has 76 valence electrons. The number of nitrogens with one attached hydrogen (secondary N) is 1. The molecule has 0 saturated carbocycles. The fourth-order valence-electron chi connectivity index (χ4n) is 1.94. The molecule has 0 amide bonds. The topological polar surface area (TPSA) is 39.6 Å². The molecule has 1 aromatic heterocycles. The first-order valence-electron chi connectivity index (χ1n) is 4.89. The Hall–Kier alpha value is -1.98. The summed E-state index contributed by atoms with van der Waals surface area (Å²) in [7, 11) is 0. The molecule has 2 aromatic carbocycles. The zero-order valence-corrected chi connectivity index (χ0v) is 9.05. The number of aromatic nitrogens is 1. The summed E-state index contributed by atoms with van der Waals surface area (Å²) in [5, 5.41) is 11.7. The van der Waals surface area contributed by atoms with Crippen molar-refractivity contribution in [1.29, 1.82) is 5.26 Å². The van der Waals surface area contributed by atoms with Gasteiger partial charge in [-0.3, -0.25) is 0 Å². The molecule has 0 radical (unpaired) electrons. The lowest BCUT2D eigenvalue weighted by atomic mass is 10.1. The van der Waals surface area contributed by atoms with Crippen LogP contribution < -0.4 is 0 Å². The third-order valence-corrected chi connectivity index (χ3v) is 2.92. The molecule has 16 heavy (non-hydrogen) atoms. The maximum absolute atomic E-state index is 8.87. The smallest absolute Gasteiger partial charge is 0.0991 e. The van der Waals surface area contributed by atoms with Gasteiger partial charge in [-0.1, -0.05) is 11.6 Å². The van der Waals surface area contributed by atoms with Crippen molar-refractivity contribution >= 4 is 33.4 Å². The van der Waals surface area contributed by atoms with Crippen LogP contribution in [0.3, 0.4) is 0 Å². The van der Waals surface area contributed by atoms with Gasteiger partial charge in [0.15, 0.2) is 0 Å². The lowest BCUT2D eigenvalue weighted by Gasteiger charge is -1.92. The number of hydrogen-bond donors (Lipinski definition) is 1. The van der Waals surface area contributed by atoms with E-state index >= 15 is 0 Å². The molecular weight excluding hydrogens is 220 g/mol. The minimum absolute atomic E-state index is 0.661. The van der Waals surface area contributed by atoms with Gasteiger partial charge in [0.2, 0.25) is 0 Å². The summed E-state index contributed by atoms with van der Waals surface area (Å²) in [6.07, 6.45) is 0. The minimum atomic E-state index is 0.661. The molecule has 0 aliphatic carbocycles. The Morgan fingerprint density at radius 3 is 2.44 bits per heavy atom. The predicted octanol–water partition coefficient (Wildman–Crippen LogP) is 3.85. The van der Waals surface area contributed by atoms with Crippen LogP contribution in [-0.4, -0.2) is 4.98 Å². The van der Waals surface area contributed by atoms with E-state index in [1.165, 1.54) is 0 Å². The second-order valence-corrected chi connectivity index (χ2v) is 4.12. The Morgan fingerprint density at radius 2 is 1.69 bits per heavy atom. The molecular formula is C13H7ClN2. The van der Waals surface area contributed by atoms with Gasteiger partial charge in [0.1, 0.15) is 0 Å². The molecule has 0 fully saturated rings. The van der Waals surface area contributed by atoms with Gasteiger partial charge in [-0.15, -0.1) is 0 Å². The second kappa shape index (κ2) is 3.26. The minimum Gasteiger partial charge on any atom is -0.355 e. The second-order valence-electron chi connectivity index (χ2n) is 3.69. The molecule has 0 aliphatic heterocycles. The molecule has 2 nitrogen and oxygen atoms in total. The van der Waals surface area contributed by atoms with E-state index in [4.69, 9.17) is 16.9 Å². The summed E-state index contributed by atoms with van der Waals surface area (Å²) >= 11 is 5.97. The van der Waals surface area contributed by atoms with Crippen LogP contribution in [0.4, 0.5) is 0 Å². The van der Waals surface area contributed by atoms with E-state index in [-0.39, 0.29) is 0 Å². The predicted molar refractivity (Wildman–Crippen MR) is 65.5 cm³/mol. The summed E-state index contributed by atoms with van der Waals surface area (Å²) in [5.41, 5.74) is 2.72. The average Bonchev–Trinajstić information content (AvgIpc) is 2.66. The van der Waals surface area contributed by atoms with E-state index in [0.29, 0.717) is 10.6 Å². The van der Waals surface area contributed by atoms with Crippen molar-refractivity contribution in [2.75, 3.05) is 0 Å². The van der Waals surface area contributed by atoms with Crippen LogP contribution in [0.1, 0.15) is 5.56 Å². The summed E-state index contributed by atoms with van der Waals surface area (Å²) in [6, 6.07) is 13.5. The normalized spacial score (nSPS) is 10.8. The van der Waals surface area contributed by atoms with Crippen LogP contribution in [0, 0.1) is 11.3 Å². The largest absolute Gasteiger partial charge is 0.355 e. The zero-order chi connectivity index (χ0) is 11.1. The SMILES string of the molecule is N#Cc1ccc2[nH]c3ccc(Cl)cc3c2c1. The van der Waals surface area contributed by atoms with Crippen LogP contribution in [0.15, 0.2) is 36.4 Å². The Bertz CT molecular complexity index is 735. The third kappa shape index (κ3) is 1.26. The molecule has 0 saturated heterocycles. The Labute approximate surface area is 97.1 Å². The highest BCUT2D eigenvalue weighted by Crippen LogP contribution is 2.28. The molecule has 1 N–H and O–H groups in total. The van der Waals surface area contributed by atoms with Crippen molar-refractivity contribution in [1.82, 2.24) is 4.98 Å². The Kier molecular flexibility index (Phi) is 1.89. The lowest BCUT2D eigenvalue weighted by Crippen LogP contribution is -1.73. The van der Waals surface area contributed by atoms with Crippen molar-refractivity contribution in [2.45, 2.75) is 0 Å². The van der Waals surface area contributed by atoms with Crippen molar-refractivity contribution in [2.24, 2.45) is 0 Å². The van der Waals surface area contributed by atoms with Crippen molar-refractivity contribution in [3.8, 4) is 6.07 Å². The Balaban J connectivity index is 2.50. The third-order valence-electron chi connectivity index (χ3n) is 2.69. The molecule has 0 bridgehead atoms. The number of nitrogens with zero attached hydrogens (tertiary/aromatic N) is 1. The first-order valence-corrected chi connectivity index (χ1v) is 5.27. The number of nitriles is 1. The van der Waals surface area contributed by atoms with Gasteiger partial charge in [-0.25, -0.2) is 0 Å². The van der Waals surface area contributed by atoms with Crippen LogP contribution in [-0.2, 0) is 0 Å². The van der Waals surface area contributed by atoms with Crippen molar-refractivity contribution < 1.29 is 0 Å². The summed E-state index contributed by atoms with van der Waals surface area (Å²) < 4.78 is 0. The maximum atomic E-state index is 8.87. The molecule has 1 heterocycles. The fourth-order valence-corrected chi connectivity index (χ4v) is 2.11. The number of H-pyrrole nitrogens is 1. The van der Waals surface area contributed by atoms with Gasteiger partial charge in [0.25, 0.3) is 0 Å². The van der Waals surface area contributed by atoms with Gasteiger partial charge < -0.3 is 4.98 Å². The number of benzene rings is 2. The fraction of sp³-hybridized carbons (Fsp3) is 0. The molecule has 0 atom stereocenters. The zero-order valence-electron chi connectivity index (χ0n) is 8.29. The van der Waals surface area contributed by atoms with Crippen molar-refractivity contribution in [3.63, 3.8) is 0 Å². The molecule has 0 unspecified atom stereocenters. The highest BCUT2D eigenvalue weighted by molar-refractivity contribution is 6.31. The van der Waals surface area contributed by atoms with E-state index in [0.717, 1.165) is 21.8 Å². The number of halogens is 1. The standard InChI is InChI=1S/C13H7ClN2/c14-9-2-4-13-11(6-9)10-5-8(7-15)1-3-12(10)16-13/h1-6,16H. The molecule has 3 heteroatoms. The van der Waals surface area contributed by atoms with Gasteiger partial charge in [0, 0.05) is 26.8 Å². The molecule has 0 spiro atoms. The van der Waals surface area contributed by atoms with Crippen LogP contribution in [0.25, 0.3) is 21.8 Å². The molecule has 3 aromatic rings. The molecule has 0 aliphatic rings. The Morgan fingerprint density at radius 1 is 1.00 bits per heavy atom. The summed E-state index contributed by atoms with van der Waals surface area (Å²) in [4.78, 5) is 3.29. The van der Waals surface area contributed by atoms with Crippen LogP contribution in [0.2, 0.25) is 5.02 Å². The van der Waals surface area contributed by atoms with Gasteiger partial charge >= 0.3 is 0 Å². The first-order chi connectivity index (χ1) is 7.78. The maximum Gasteiger partial charge on any atom is 0.0991 e. The average molecular weight is 227 g/mol. The summed E-state index contributed by atoms with van der Waals surface area (Å²) in [6.45, 7) is 0. The number of aromatic amines is 1. The number of fused-ring (bicyclic) bond motifs is 3.